The van der Waals surface area contributed by atoms with E-state index >= 15 is 0 Å². The predicted molar refractivity (Wildman–Crippen MR) is 176 cm³/mol. The monoisotopic (exact) mass is 656 g/mol. The number of carbonyl (C=O) groups excluding carboxylic acids is 1. The highest BCUT2D eigenvalue weighted by Crippen LogP contribution is 2.41. The third-order valence-electron chi connectivity index (χ3n) is 10.2. The van der Waals surface area contributed by atoms with Gasteiger partial charge in [-0.2, -0.15) is 0 Å². The number of benzene rings is 2. The zero-order valence-corrected chi connectivity index (χ0v) is 27.6. The highest BCUT2D eigenvalue weighted by atomic mass is 35.5. The number of amides is 1. The molecule has 244 valence electrons. The van der Waals surface area contributed by atoms with Gasteiger partial charge in [0.1, 0.15) is 12.4 Å². The number of aliphatic hydroxyl groups is 1. The topological polar surface area (TPSA) is 105 Å². The average molecular weight is 657 g/mol. The zero-order chi connectivity index (χ0) is 31.6. The van der Waals surface area contributed by atoms with Crippen molar-refractivity contribution in [3.63, 3.8) is 0 Å². The van der Waals surface area contributed by atoms with Crippen LogP contribution in [-0.4, -0.2) is 56.6 Å². The van der Waals surface area contributed by atoms with Crippen LogP contribution >= 0.6 is 11.6 Å². The molecular formula is C35H45ClN2O6S. The molecule has 0 unspecified atom stereocenters. The van der Waals surface area contributed by atoms with Crippen molar-refractivity contribution in [3.05, 3.63) is 70.3 Å². The van der Waals surface area contributed by atoms with Crippen molar-refractivity contribution in [2.24, 2.45) is 17.8 Å². The summed E-state index contributed by atoms with van der Waals surface area (Å²) in [4.78, 5) is 15.9. The first-order valence-electron chi connectivity index (χ1n) is 16.5. The Morgan fingerprint density at radius 1 is 1.07 bits per heavy atom. The van der Waals surface area contributed by atoms with Gasteiger partial charge in [0.05, 0.1) is 23.1 Å². The van der Waals surface area contributed by atoms with E-state index in [0.717, 1.165) is 62.7 Å². The Hall–Kier alpha value is -2.59. The van der Waals surface area contributed by atoms with Crippen LogP contribution in [0, 0.1) is 17.8 Å². The maximum absolute atomic E-state index is 13.8. The minimum atomic E-state index is -4.04. The predicted octanol–water partition coefficient (Wildman–Crippen LogP) is 6.04. The van der Waals surface area contributed by atoms with Crippen molar-refractivity contribution >= 4 is 33.2 Å². The summed E-state index contributed by atoms with van der Waals surface area (Å²) in [6.45, 7) is 4.33. The molecule has 2 aromatic rings. The van der Waals surface area contributed by atoms with Gasteiger partial charge >= 0.3 is 0 Å². The lowest BCUT2D eigenvalue weighted by molar-refractivity contribution is 0.0460. The molecule has 2 fully saturated rings. The van der Waals surface area contributed by atoms with Gasteiger partial charge in [-0.3, -0.25) is 4.79 Å². The molecule has 1 saturated heterocycles. The molecule has 8 nitrogen and oxygen atoms in total. The number of sulfonamides is 1. The Morgan fingerprint density at radius 2 is 1.93 bits per heavy atom. The number of aliphatic hydroxyl groups excluding tert-OH is 1. The Bertz CT molecular complexity index is 1510. The fourth-order valence-electron chi connectivity index (χ4n) is 7.38. The molecule has 0 aromatic heterocycles. The summed E-state index contributed by atoms with van der Waals surface area (Å²) in [5.41, 5.74) is 3.28. The van der Waals surface area contributed by atoms with Crippen molar-refractivity contribution in [2.75, 3.05) is 24.6 Å². The van der Waals surface area contributed by atoms with Crippen LogP contribution in [0.1, 0.15) is 79.8 Å². The number of allylic oxidation sites excluding steroid dienone is 1. The van der Waals surface area contributed by atoms with Gasteiger partial charge in [-0.05, 0) is 117 Å². The second-order valence-electron chi connectivity index (χ2n) is 13.3. The van der Waals surface area contributed by atoms with Gasteiger partial charge in [-0.15, -0.1) is 0 Å². The van der Waals surface area contributed by atoms with Crippen LogP contribution < -0.4 is 14.4 Å². The molecule has 1 saturated carbocycles. The lowest BCUT2D eigenvalue weighted by Gasteiger charge is -2.42. The number of nitrogens with one attached hydrogen (secondary N) is 1. The molecule has 3 aliphatic heterocycles. The van der Waals surface area contributed by atoms with Crippen molar-refractivity contribution < 1.29 is 27.8 Å². The van der Waals surface area contributed by atoms with E-state index in [2.05, 4.69) is 9.62 Å². The summed E-state index contributed by atoms with van der Waals surface area (Å²) in [6, 6.07) is 11.1. The number of fused-ring (bicyclic) bond motifs is 3. The van der Waals surface area contributed by atoms with Crippen LogP contribution in [0.2, 0.25) is 5.02 Å². The van der Waals surface area contributed by atoms with Crippen LogP contribution in [0.5, 0.6) is 5.75 Å². The molecule has 1 aliphatic carbocycles. The molecule has 0 spiro atoms. The van der Waals surface area contributed by atoms with E-state index in [1.807, 2.05) is 37.3 Å². The fraction of sp³-hybridized carbons (Fsp3) is 0.571. The van der Waals surface area contributed by atoms with E-state index in [9.17, 15) is 18.3 Å². The van der Waals surface area contributed by atoms with Gasteiger partial charge in [-0.25, -0.2) is 13.1 Å². The van der Waals surface area contributed by atoms with Crippen LogP contribution in [0.25, 0.3) is 0 Å². The number of anilines is 1. The SMILES string of the molecule is C[C@H]1C/C=C\[C@H](O)[C@@H]2CC[C@H]2CN2CCCCc3cc(Cl)ccc3COc3ccc(cc32)C(=O)NS(=O)(=O)[C@H]1C[C@H]1CCCO1. The van der Waals surface area contributed by atoms with Crippen LogP contribution in [0.15, 0.2) is 48.6 Å². The number of aryl methyl sites for hydroxylation is 1. The molecule has 45 heavy (non-hydrogen) atoms. The minimum Gasteiger partial charge on any atom is -0.487 e. The Balaban J connectivity index is 1.36. The quantitative estimate of drug-likeness (QED) is 0.380. The van der Waals surface area contributed by atoms with Gasteiger partial charge < -0.3 is 19.5 Å². The maximum atomic E-state index is 13.8. The number of carbonyl (C=O) groups is 1. The zero-order valence-electron chi connectivity index (χ0n) is 26.0. The molecule has 4 aliphatic rings. The molecule has 2 N–H and O–H groups in total. The van der Waals surface area contributed by atoms with E-state index in [0.29, 0.717) is 43.4 Å². The summed E-state index contributed by atoms with van der Waals surface area (Å²) >= 11 is 6.33. The van der Waals surface area contributed by atoms with E-state index in [4.69, 9.17) is 21.1 Å². The number of ether oxygens (including phenoxy) is 2. The average Bonchev–Trinajstić information content (AvgIpc) is 3.50. The molecule has 6 atom stereocenters. The molecule has 0 radical (unpaired) electrons. The summed E-state index contributed by atoms with van der Waals surface area (Å²) in [6.07, 6.45) is 10.3. The maximum Gasteiger partial charge on any atom is 0.264 e. The molecule has 10 heteroatoms. The standard InChI is InChI=1S/C35H45ClN2O6S/c1-23-6-4-9-32(39)30-14-11-26(30)21-38-16-3-2-7-24-18-28(36)13-10-27(24)22-44-33-15-12-25(19-31(33)38)35(40)37-45(41,42)34(23)20-29-8-5-17-43-29/h4,9-10,12-13,15,18-19,23,26,29-30,32,34,39H,2-3,5-8,11,14,16-17,20-22H2,1H3,(H,37,40)/b9-4-/t23-,26-,29+,30+,32-,34-/m0/s1. The summed E-state index contributed by atoms with van der Waals surface area (Å²) in [5, 5.41) is 11.1. The Kier molecular flexibility index (Phi) is 10.1. The van der Waals surface area contributed by atoms with Gasteiger partial charge in [-0.1, -0.05) is 36.7 Å². The van der Waals surface area contributed by atoms with Crippen molar-refractivity contribution in [3.8, 4) is 5.75 Å². The van der Waals surface area contributed by atoms with Crippen molar-refractivity contribution in [1.82, 2.24) is 4.72 Å². The first-order valence-corrected chi connectivity index (χ1v) is 18.4. The Morgan fingerprint density at radius 3 is 2.71 bits per heavy atom. The fourth-order valence-corrected chi connectivity index (χ4v) is 9.29. The molecule has 6 rings (SSSR count). The smallest absolute Gasteiger partial charge is 0.264 e. The second-order valence-corrected chi connectivity index (χ2v) is 15.6. The summed E-state index contributed by atoms with van der Waals surface area (Å²) in [5.74, 6) is 0.128. The van der Waals surface area contributed by atoms with Crippen molar-refractivity contribution in [1.29, 1.82) is 0 Å². The molecular weight excluding hydrogens is 612 g/mol. The van der Waals surface area contributed by atoms with Crippen LogP contribution in [-0.2, 0) is 27.8 Å². The second kappa shape index (κ2) is 14.0. The van der Waals surface area contributed by atoms with E-state index < -0.39 is 27.3 Å². The number of halogens is 1. The number of nitrogens with zero attached hydrogens (tertiary/aromatic N) is 1. The third kappa shape index (κ3) is 7.53. The highest BCUT2D eigenvalue weighted by molar-refractivity contribution is 7.90. The van der Waals surface area contributed by atoms with Crippen LogP contribution in [0.3, 0.4) is 0 Å². The van der Waals surface area contributed by atoms with Gasteiger partial charge in [0.25, 0.3) is 5.91 Å². The minimum absolute atomic E-state index is 0.122. The third-order valence-corrected chi connectivity index (χ3v) is 12.4. The number of rotatable bonds is 2. The van der Waals surface area contributed by atoms with Gasteiger partial charge in [0.2, 0.25) is 10.0 Å². The summed E-state index contributed by atoms with van der Waals surface area (Å²) in [7, 11) is -4.04. The molecule has 1 amide bonds. The first kappa shape index (κ1) is 32.4. The lowest BCUT2D eigenvalue weighted by atomic mass is 9.70. The van der Waals surface area contributed by atoms with Gasteiger partial charge in [0, 0.05) is 30.3 Å². The van der Waals surface area contributed by atoms with Gasteiger partial charge in [0.15, 0.2) is 0 Å². The lowest BCUT2D eigenvalue weighted by Crippen LogP contribution is -2.44. The Labute approximate surface area is 272 Å². The molecule has 2 aromatic carbocycles. The number of hydrogen-bond donors (Lipinski definition) is 2. The van der Waals surface area contributed by atoms with E-state index in [-0.39, 0.29) is 29.4 Å². The van der Waals surface area contributed by atoms with Crippen LogP contribution in [0.4, 0.5) is 5.69 Å². The molecule has 3 heterocycles. The molecule has 2 bridgehead atoms. The number of hydrogen-bond acceptors (Lipinski definition) is 7. The highest BCUT2D eigenvalue weighted by Gasteiger charge is 2.38. The first-order chi connectivity index (χ1) is 21.7. The largest absolute Gasteiger partial charge is 0.487 e. The van der Waals surface area contributed by atoms with Crippen molar-refractivity contribution in [2.45, 2.75) is 88.8 Å². The summed E-state index contributed by atoms with van der Waals surface area (Å²) < 4.78 is 42.3. The normalized spacial score (nSPS) is 31.3. The van der Waals surface area contributed by atoms with E-state index in [1.165, 1.54) is 5.56 Å². The van der Waals surface area contributed by atoms with E-state index in [1.54, 1.807) is 18.2 Å².